The molecule has 0 saturated heterocycles. The molecule has 1 aliphatic heterocycles. The van der Waals surface area contributed by atoms with Crippen LogP contribution in [0.3, 0.4) is 0 Å². The van der Waals surface area contributed by atoms with Gasteiger partial charge >= 0.3 is 11.9 Å². The maximum atomic E-state index is 11.2. The Kier molecular flexibility index (Phi) is 5.95. The number of ether oxygens (including phenoxy) is 1. The summed E-state index contributed by atoms with van der Waals surface area (Å²) < 4.78 is 6.60. The summed E-state index contributed by atoms with van der Waals surface area (Å²) in [5.74, 6) is -1.18. The minimum atomic E-state index is -1.08. The monoisotopic (exact) mass is 436 g/mol. The van der Waals surface area contributed by atoms with Gasteiger partial charge in [0.25, 0.3) is 0 Å². The molecule has 3 rings (SSSR count). The summed E-state index contributed by atoms with van der Waals surface area (Å²) in [4.78, 5) is 25.5. The van der Waals surface area contributed by atoms with Gasteiger partial charge in [0.15, 0.2) is 3.95 Å². The van der Waals surface area contributed by atoms with Crippen LogP contribution >= 0.6 is 35.3 Å². The van der Waals surface area contributed by atoms with Crippen molar-refractivity contribution >= 4 is 59.0 Å². The molecule has 0 aliphatic carbocycles. The second-order valence-electron chi connectivity index (χ2n) is 5.70. The molecule has 0 unspecified atom stereocenters. The predicted octanol–water partition coefficient (Wildman–Crippen LogP) is 4.08. The van der Waals surface area contributed by atoms with E-state index in [4.69, 9.17) is 22.1 Å². The average Bonchev–Trinajstić information content (AvgIpc) is 3.10. The van der Waals surface area contributed by atoms with E-state index in [9.17, 15) is 14.7 Å². The Labute approximate surface area is 174 Å². The maximum Gasteiger partial charge on any atom is 0.323 e. The van der Waals surface area contributed by atoms with E-state index in [-0.39, 0.29) is 15.8 Å². The fourth-order valence-electron chi connectivity index (χ4n) is 2.62. The quantitative estimate of drug-likeness (QED) is 0.314. The van der Waals surface area contributed by atoms with Crippen LogP contribution in [0.15, 0.2) is 33.9 Å². The summed E-state index contributed by atoms with van der Waals surface area (Å²) >= 11 is 7.74. The van der Waals surface area contributed by atoms with E-state index < -0.39 is 12.5 Å². The number of carbonyl (C=O) groups excluding carboxylic acids is 1. The molecule has 1 aromatic carbocycles. The third-order valence-electron chi connectivity index (χ3n) is 3.76. The topological polar surface area (TPSA) is 92.0 Å². The number of aliphatic carboxylic acids is 1. The number of carbonyl (C=O) groups is 2. The largest absolute Gasteiger partial charge is 0.493 e. The number of anilines is 1. The molecule has 1 aromatic heterocycles. The fraction of sp³-hybridized carbons (Fsp3) is 0.222. The molecule has 7 nitrogen and oxygen atoms in total. The van der Waals surface area contributed by atoms with Gasteiger partial charge in [-0.25, -0.2) is 0 Å². The number of aromatic hydroxyl groups is 1. The highest BCUT2D eigenvalue weighted by Gasteiger charge is 2.24. The number of thiazole rings is 1. The number of benzene rings is 1. The normalized spacial score (nSPS) is 12.5. The van der Waals surface area contributed by atoms with Crippen LogP contribution in [-0.4, -0.2) is 33.3 Å². The fourth-order valence-corrected chi connectivity index (χ4v) is 4.89. The van der Waals surface area contributed by atoms with Crippen molar-refractivity contribution in [2.45, 2.75) is 25.3 Å². The minimum Gasteiger partial charge on any atom is -0.493 e. The molecule has 0 radical (unpaired) electrons. The highest BCUT2D eigenvalue weighted by atomic mass is 32.2. The smallest absolute Gasteiger partial charge is 0.323 e. The summed E-state index contributed by atoms with van der Waals surface area (Å²) in [5.41, 5.74) is 4.06. The molecule has 0 saturated carbocycles. The van der Waals surface area contributed by atoms with Gasteiger partial charge in [0.05, 0.1) is 10.6 Å². The number of rotatable bonds is 5. The number of hydrogen-bond donors (Lipinski definition) is 2. The molecule has 0 spiro atoms. The van der Waals surface area contributed by atoms with Gasteiger partial charge < -0.3 is 19.8 Å². The Morgan fingerprint density at radius 3 is 2.79 bits per heavy atom. The highest BCUT2D eigenvalue weighted by molar-refractivity contribution is 8.03. The summed E-state index contributed by atoms with van der Waals surface area (Å²) in [6.07, 6.45) is 1.60. The van der Waals surface area contributed by atoms with Crippen molar-refractivity contribution in [1.29, 1.82) is 0 Å². The van der Waals surface area contributed by atoms with Crippen molar-refractivity contribution in [2.24, 2.45) is 0 Å². The molecule has 2 heterocycles. The van der Waals surface area contributed by atoms with E-state index >= 15 is 0 Å². The van der Waals surface area contributed by atoms with E-state index in [0.29, 0.717) is 17.2 Å². The average molecular weight is 437 g/mol. The number of carboxylic acids is 1. The Morgan fingerprint density at radius 1 is 1.39 bits per heavy atom. The minimum absolute atomic E-state index is 0.189. The Balaban J connectivity index is 1.95. The third kappa shape index (κ3) is 4.15. The Bertz CT molecular complexity index is 1080. The number of thioether (sulfide) groups is 1. The first-order valence-corrected chi connectivity index (χ1v) is 10.2. The van der Waals surface area contributed by atoms with Crippen molar-refractivity contribution in [3.05, 3.63) is 37.8 Å². The lowest BCUT2D eigenvalue weighted by molar-refractivity contribution is -0.137. The number of hydrogen-bond acceptors (Lipinski definition) is 8. The van der Waals surface area contributed by atoms with E-state index in [1.165, 1.54) is 23.3 Å². The first-order valence-electron chi connectivity index (χ1n) is 8.19. The molecule has 2 aromatic rings. The van der Waals surface area contributed by atoms with Crippen LogP contribution in [0.1, 0.15) is 18.7 Å². The number of fused-ring (bicyclic) bond motifs is 1. The second-order valence-corrected chi connectivity index (χ2v) is 8.41. The van der Waals surface area contributed by atoms with E-state index in [1.807, 2.05) is 17.9 Å². The van der Waals surface area contributed by atoms with Gasteiger partial charge in [0.2, 0.25) is 5.88 Å². The van der Waals surface area contributed by atoms with Crippen molar-refractivity contribution in [2.75, 3.05) is 11.4 Å². The van der Waals surface area contributed by atoms with Crippen molar-refractivity contribution in [1.82, 2.24) is 4.57 Å². The van der Waals surface area contributed by atoms with Gasteiger partial charge in [-0.15, -0.1) is 11.3 Å². The zero-order valence-corrected chi connectivity index (χ0v) is 17.4. The first-order chi connectivity index (χ1) is 13.3. The molecule has 0 amide bonds. The molecule has 2 N–H and O–H groups in total. The SMILES string of the molecule is CCN1C(=C=Cc2sc(=S)n(CC(=O)O)c2O)Sc2ccc(OC(C)=O)cc21. The molecule has 0 bridgehead atoms. The maximum absolute atomic E-state index is 11.2. The van der Waals surface area contributed by atoms with E-state index in [1.54, 1.807) is 18.2 Å². The van der Waals surface area contributed by atoms with Gasteiger partial charge in [-0.2, -0.15) is 0 Å². The van der Waals surface area contributed by atoms with Crippen LogP contribution in [0.5, 0.6) is 11.6 Å². The number of aromatic nitrogens is 1. The Hall–Kier alpha value is -2.52. The van der Waals surface area contributed by atoms with Crippen molar-refractivity contribution in [3.8, 4) is 11.6 Å². The molecule has 0 fully saturated rings. The molecular formula is C18H16N2O5S3. The van der Waals surface area contributed by atoms with Crippen LogP contribution in [0, 0.1) is 3.95 Å². The van der Waals surface area contributed by atoms with Crippen LogP contribution in [-0.2, 0) is 16.1 Å². The summed E-state index contributed by atoms with van der Waals surface area (Å²) in [7, 11) is 0. The molecule has 146 valence electrons. The predicted molar refractivity (Wildman–Crippen MR) is 111 cm³/mol. The highest BCUT2D eigenvalue weighted by Crippen LogP contribution is 2.47. The van der Waals surface area contributed by atoms with Crippen molar-refractivity contribution in [3.63, 3.8) is 0 Å². The number of esters is 1. The standard InChI is InChI=1S/C18H16N2O5S3/c1-3-19-12-8-11(25-10(2)21)4-5-13(12)27-15(19)7-6-14-17(24)20(9-16(22)23)18(26)28-14/h4-6,8,24H,3,9H2,1-2H3,(H,22,23). The molecule has 0 atom stereocenters. The lowest BCUT2D eigenvalue weighted by Crippen LogP contribution is -2.16. The molecular weight excluding hydrogens is 420 g/mol. The number of nitrogens with zero attached hydrogens (tertiary/aromatic N) is 2. The molecule has 28 heavy (non-hydrogen) atoms. The van der Waals surface area contributed by atoms with Gasteiger partial charge in [-0.1, -0.05) is 17.5 Å². The van der Waals surface area contributed by atoms with Gasteiger partial charge in [-0.05, 0) is 31.3 Å². The zero-order chi connectivity index (χ0) is 20.4. The summed E-state index contributed by atoms with van der Waals surface area (Å²) in [6.45, 7) is 3.61. The van der Waals surface area contributed by atoms with Gasteiger partial charge in [0, 0.05) is 30.5 Å². The van der Waals surface area contributed by atoms with Crippen molar-refractivity contribution < 1.29 is 24.5 Å². The second kappa shape index (κ2) is 8.24. The first kappa shape index (κ1) is 20.2. The van der Waals surface area contributed by atoms with E-state index in [2.05, 4.69) is 5.73 Å². The summed E-state index contributed by atoms with van der Waals surface area (Å²) in [5, 5.41) is 20.0. The van der Waals surface area contributed by atoms with Crippen LogP contribution in [0.4, 0.5) is 5.69 Å². The lowest BCUT2D eigenvalue weighted by atomic mass is 10.2. The summed E-state index contributed by atoms with van der Waals surface area (Å²) in [6, 6.07) is 5.41. The van der Waals surface area contributed by atoms with E-state index in [0.717, 1.165) is 26.9 Å². The zero-order valence-electron chi connectivity index (χ0n) is 15.0. The van der Waals surface area contributed by atoms with Crippen LogP contribution in [0.25, 0.3) is 6.08 Å². The van der Waals surface area contributed by atoms with Crippen LogP contribution in [0.2, 0.25) is 0 Å². The number of carboxylic acid groups (broad SMARTS) is 1. The van der Waals surface area contributed by atoms with Gasteiger partial charge in [-0.3, -0.25) is 14.2 Å². The third-order valence-corrected chi connectivity index (χ3v) is 6.25. The molecule has 10 heteroatoms. The van der Waals surface area contributed by atoms with Crippen LogP contribution < -0.4 is 9.64 Å². The molecule has 1 aliphatic rings. The Morgan fingerprint density at radius 2 is 2.14 bits per heavy atom. The lowest BCUT2D eigenvalue weighted by Gasteiger charge is -2.16. The van der Waals surface area contributed by atoms with Gasteiger partial charge in [0.1, 0.15) is 17.3 Å².